The number of benzene rings is 1. The molecule has 0 aliphatic carbocycles. The van der Waals surface area contributed by atoms with Crippen molar-refractivity contribution in [2.75, 3.05) is 0 Å². The number of allylic oxidation sites excluding steroid dienone is 1. The Bertz CT molecular complexity index is 472. The summed E-state index contributed by atoms with van der Waals surface area (Å²) in [7, 11) is 0. The van der Waals surface area contributed by atoms with E-state index in [-0.39, 0.29) is 5.41 Å². The van der Waals surface area contributed by atoms with Crippen molar-refractivity contribution in [1.29, 1.82) is 5.41 Å². The highest BCUT2D eigenvalue weighted by molar-refractivity contribution is 6.76. The van der Waals surface area contributed by atoms with Crippen molar-refractivity contribution >= 4 is 40.7 Å². The van der Waals surface area contributed by atoms with E-state index in [4.69, 9.17) is 44.9 Å². The van der Waals surface area contributed by atoms with Crippen molar-refractivity contribution in [3.63, 3.8) is 0 Å². The first kappa shape index (κ1) is 17.4. The van der Waals surface area contributed by atoms with Crippen LogP contribution in [0.3, 0.4) is 0 Å². The molecule has 0 bridgehead atoms. The van der Waals surface area contributed by atoms with Gasteiger partial charge in [-0.05, 0) is 17.1 Å². The molecule has 1 aromatic carbocycles. The van der Waals surface area contributed by atoms with Gasteiger partial charge in [-0.25, -0.2) is 0 Å². The zero-order valence-electron chi connectivity index (χ0n) is 11.7. The third-order valence-corrected chi connectivity index (χ3v) is 2.92. The molecular weight excluding hydrogens is 317 g/mol. The number of alkyl halides is 3. The summed E-state index contributed by atoms with van der Waals surface area (Å²) in [5.41, 5.74) is 0.894. The van der Waals surface area contributed by atoms with Crippen LogP contribution in [-0.4, -0.2) is 9.69 Å². The Morgan fingerprint density at radius 3 is 2.15 bits per heavy atom. The summed E-state index contributed by atoms with van der Waals surface area (Å²) >= 11 is 17.0. The maximum Gasteiger partial charge on any atom is 0.265 e. The fraction of sp³-hybridized carbons (Fsp3) is 0.400. The van der Waals surface area contributed by atoms with Gasteiger partial charge in [0.2, 0.25) is 5.90 Å². The van der Waals surface area contributed by atoms with Gasteiger partial charge in [-0.1, -0.05) is 92.0 Å². The van der Waals surface area contributed by atoms with Gasteiger partial charge in [0.1, 0.15) is 6.10 Å². The van der Waals surface area contributed by atoms with E-state index in [1.54, 1.807) is 0 Å². The van der Waals surface area contributed by atoms with Crippen LogP contribution in [0.5, 0.6) is 0 Å². The van der Waals surface area contributed by atoms with Gasteiger partial charge in [-0.15, -0.1) is 0 Å². The Morgan fingerprint density at radius 2 is 1.70 bits per heavy atom. The second kappa shape index (κ2) is 6.84. The Labute approximate surface area is 135 Å². The molecule has 1 atom stereocenters. The quantitative estimate of drug-likeness (QED) is 0.327. The summed E-state index contributed by atoms with van der Waals surface area (Å²) in [6.45, 7) is 6.23. The van der Waals surface area contributed by atoms with Crippen LogP contribution in [-0.2, 0) is 4.74 Å². The molecular formula is C15H18Cl3NO. The van der Waals surface area contributed by atoms with Crippen LogP contribution < -0.4 is 0 Å². The van der Waals surface area contributed by atoms with Gasteiger partial charge in [0.15, 0.2) is 0 Å². The van der Waals surface area contributed by atoms with Gasteiger partial charge in [0.05, 0.1) is 0 Å². The van der Waals surface area contributed by atoms with Crippen LogP contribution in [0.25, 0.3) is 0 Å². The minimum absolute atomic E-state index is 0.00143. The first-order chi connectivity index (χ1) is 9.09. The zero-order chi connectivity index (χ0) is 15.4. The van der Waals surface area contributed by atoms with Crippen molar-refractivity contribution in [3.05, 3.63) is 48.0 Å². The summed E-state index contributed by atoms with van der Waals surface area (Å²) in [5.74, 6) is -0.394. The lowest BCUT2D eigenvalue weighted by Gasteiger charge is -2.21. The van der Waals surface area contributed by atoms with Crippen molar-refractivity contribution < 1.29 is 4.74 Å². The highest BCUT2D eigenvalue weighted by Crippen LogP contribution is 2.31. The lowest BCUT2D eigenvalue weighted by atomic mass is 9.95. The lowest BCUT2D eigenvalue weighted by molar-refractivity contribution is 0.232. The number of hydrogen-bond donors (Lipinski definition) is 1. The Morgan fingerprint density at radius 1 is 1.15 bits per heavy atom. The van der Waals surface area contributed by atoms with E-state index in [0.717, 1.165) is 5.56 Å². The summed E-state index contributed by atoms with van der Waals surface area (Å²) in [4.78, 5) is 0. The SMILES string of the molecule is CC(C)(C)/C=C/[C@H](OC(=N)C(Cl)(Cl)Cl)c1ccccc1. The minimum Gasteiger partial charge on any atom is -0.466 e. The monoisotopic (exact) mass is 333 g/mol. The summed E-state index contributed by atoms with van der Waals surface area (Å²) < 4.78 is 3.64. The van der Waals surface area contributed by atoms with Crippen molar-refractivity contribution in [2.24, 2.45) is 5.41 Å². The van der Waals surface area contributed by atoms with E-state index in [1.165, 1.54) is 0 Å². The first-order valence-electron chi connectivity index (χ1n) is 6.16. The number of rotatable bonds is 3. The van der Waals surface area contributed by atoms with E-state index in [0.29, 0.717) is 0 Å². The van der Waals surface area contributed by atoms with Gasteiger partial charge in [0.25, 0.3) is 3.79 Å². The molecule has 0 aliphatic rings. The predicted molar refractivity (Wildman–Crippen MR) is 86.9 cm³/mol. The molecule has 0 fully saturated rings. The molecule has 1 aromatic rings. The zero-order valence-corrected chi connectivity index (χ0v) is 13.9. The van der Waals surface area contributed by atoms with Crippen molar-refractivity contribution in [1.82, 2.24) is 0 Å². The Balaban J connectivity index is 2.98. The fourth-order valence-electron chi connectivity index (χ4n) is 1.43. The van der Waals surface area contributed by atoms with E-state index in [2.05, 4.69) is 20.8 Å². The average Bonchev–Trinajstić information content (AvgIpc) is 2.33. The molecule has 20 heavy (non-hydrogen) atoms. The number of ether oxygens (including phenoxy) is 1. The molecule has 1 rings (SSSR count). The fourth-order valence-corrected chi connectivity index (χ4v) is 1.56. The molecule has 0 amide bonds. The molecule has 0 spiro atoms. The summed E-state index contributed by atoms with van der Waals surface area (Å²) in [5, 5.41) is 7.70. The number of nitrogens with one attached hydrogen (secondary N) is 1. The van der Waals surface area contributed by atoms with Gasteiger partial charge >= 0.3 is 0 Å². The Kier molecular flexibility index (Phi) is 5.93. The molecule has 0 unspecified atom stereocenters. The van der Waals surface area contributed by atoms with E-state index < -0.39 is 15.8 Å². The third-order valence-electron chi connectivity index (χ3n) is 2.40. The standard InChI is InChI=1S/C15H18Cl3NO/c1-14(2,3)10-9-12(11-7-5-4-6-8-11)20-13(19)15(16,17)18/h4-10,12,19H,1-3H3/b10-9+,19-13?/t12-/m0/s1. The smallest absolute Gasteiger partial charge is 0.265 e. The molecule has 0 saturated heterocycles. The molecule has 5 heteroatoms. The normalized spacial score (nSPS) is 14.3. The summed E-state index contributed by atoms with van der Waals surface area (Å²) in [6, 6.07) is 9.52. The van der Waals surface area contributed by atoms with Gasteiger partial charge in [0, 0.05) is 0 Å². The van der Waals surface area contributed by atoms with Crippen LogP contribution in [0.1, 0.15) is 32.4 Å². The topological polar surface area (TPSA) is 33.1 Å². The predicted octanol–water partition coefficient (Wildman–Crippen LogP) is 5.69. The number of hydrogen-bond acceptors (Lipinski definition) is 2. The van der Waals surface area contributed by atoms with Gasteiger partial charge in [-0.2, -0.15) is 0 Å². The lowest BCUT2D eigenvalue weighted by Crippen LogP contribution is -2.23. The molecule has 0 aromatic heterocycles. The molecule has 110 valence electrons. The van der Waals surface area contributed by atoms with E-state index in [1.807, 2.05) is 42.5 Å². The highest BCUT2D eigenvalue weighted by atomic mass is 35.6. The van der Waals surface area contributed by atoms with Crippen molar-refractivity contribution in [2.45, 2.75) is 30.7 Å². The molecule has 0 saturated carbocycles. The maximum atomic E-state index is 7.70. The molecule has 0 aliphatic heterocycles. The second-order valence-electron chi connectivity index (χ2n) is 5.50. The van der Waals surface area contributed by atoms with Crippen LogP contribution >= 0.6 is 34.8 Å². The second-order valence-corrected chi connectivity index (χ2v) is 7.78. The van der Waals surface area contributed by atoms with Crippen LogP contribution in [0.4, 0.5) is 0 Å². The molecule has 0 heterocycles. The van der Waals surface area contributed by atoms with Crippen LogP contribution in [0.2, 0.25) is 0 Å². The third kappa shape index (κ3) is 6.17. The largest absolute Gasteiger partial charge is 0.466 e. The average molecular weight is 335 g/mol. The van der Waals surface area contributed by atoms with Gasteiger partial charge in [-0.3, -0.25) is 5.41 Å². The molecule has 2 nitrogen and oxygen atoms in total. The Hall–Kier alpha value is -0.700. The van der Waals surface area contributed by atoms with Crippen LogP contribution in [0.15, 0.2) is 42.5 Å². The molecule has 0 radical (unpaired) electrons. The van der Waals surface area contributed by atoms with E-state index >= 15 is 0 Å². The van der Waals surface area contributed by atoms with Crippen molar-refractivity contribution in [3.8, 4) is 0 Å². The van der Waals surface area contributed by atoms with Crippen LogP contribution in [0, 0.1) is 10.8 Å². The maximum absolute atomic E-state index is 7.70. The highest BCUT2D eigenvalue weighted by Gasteiger charge is 2.30. The minimum atomic E-state index is -1.86. The van der Waals surface area contributed by atoms with Gasteiger partial charge < -0.3 is 4.74 Å². The van der Waals surface area contributed by atoms with E-state index in [9.17, 15) is 0 Å². The molecule has 1 N–H and O–H groups in total. The first-order valence-corrected chi connectivity index (χ1v) is 7.30. The summed E-state index contributed by atoms with van der Waals surface area (Å²) in [6.07, 6.45) is 3.43. The number of halogens is 3.